The number of hydrogen-bond donors (Lipinski definition) is 1. The molecule has 37 heavy (non-hydrogen) atoms. The van der Waals surface area contributed by atoms with Gasteiger partial charge in [-0.2, -0.15) is 5.10 Å². The number of aromatic nitrogens is 6. The SMILES string of the molecule is C=CC(=O)N1CCc2nc(C)nc(N3CC[C@@H](Nc4ncc5ccc(-c6cnn(C)c6)cc5n4)C3)c2C1. The van der Waals surface area contributed by atoms with Crippen molar-refractivity contribution in [2.24, 2.45) is 7.05 Å². The summed E-state index contributed by atoms with van der Waals surface area (Å²) in [7, 11) is 1.91. The maximum atomic E-state index is 12.3. The molecule has 1 fully saturated rings. The zero-order chi connectivity index (χ0) is 25.5. The highest BCUT2D eigenvalue weighted by molar-refractivity contribution is 5.87. The third-order valence-corrected chi connectivity index (χ3v) is 7.08. The van der Waals surface area contributed by atoms with Gasteiger partial charge in [0.15, 0.2) is 0 Å². The Balaban J connectivity index is 1.21. The second kappa shape index (κ2) is 9.27. The number of nitrogens with one attached hydrogen (secondary N) is 1. The van der Waals surface area contributed by atoms with E-state index in [1.807, 2.05) is 43.5 Å². The lowest BCUT2D eigenvalue weighted by Crippen LogP contribution is -2.37. The molecular weight excluding hydrogens is 466 g/mol. The van der Waals surface area contributed by atoms with E-state index < -0.39 is 0 Å². The van der Waals surface area contributed by atoms with Crippen molar-refractivity contribution in [1.82, 2.24) is 34.6 Å². The molecule has 188 valence electrons. The average Bonchev–Trinajstić information content (AvgIpc) is 3.56. The minimum atomic E-state index is -0.0572. The molecule has 3 aromatic heterocycles. The number of carbonyl (C=O) groups is 1. The maximum absolute atomic E-state index is 12.3. The maximum Gasteiger partial charge on any atom is 0.246 e. The lowest BCUT2D eigenvalue weighted by Gasteiger charge is -2.31. The van der Waals surface area contributed by atoms with Crippen molar-refractivity contribution in [3.05, 3.63) is 66.5 Å². The minimum Gasteiger partial charge on any atom is -0.354 e. The van der Waals surface area contributed by atoms with E-state index in [0.717, 1.165) is 70.9 Å². The van der Waals surface area contributed by atoms with E-state index in [4.69, 9.17) is 9.97 Å². The van der Waals surface area contributed by atoms with Crippen molar-refractivity contribution in [3.63, 3.8) is 0 Å². The molecule has 0 aliphatic carbocycles. The lowest BCUT2D eigenvalue weighted by molar-refractivity contribution is -0.126. The van der Waals surface area contributed by atoms with Crippen LogP contribution in [0.5, 0.6) is 0 Å². The summed E-state index contributed by atoms with van der Waals surface area (Å²) < 4.78 is 1.80. The van der Waals surface area contributed by atoms with Gasteiger partial charge in [-0.3, -0.25) is 9.48 Å². The second-order valence-corrected chi connectivity index (χ2v) is 9.68. The van der Waals surface area contributed by atoms with Gasteiger partial charge >= 0.3 is 0 Å². The van der Waals surface area contributed by atoms with Gasteiger partial charge in [0.25, 0.3) is 0 Å². The van der Waals surface area contributed by atoms with E-state index >= 15 is 0 Å². The van der Waals surface area contributed by atoms with Gasteiger partial charge in [0.05, 0.1) is 24.0 Å². The van der Waals surface area contributed by atoms with Crippen molar-refractivity contribution in [2.45, 2.75) is 32.4 Å². The van der Waals surface area contributed by atoms with Gasteiger partial charge in [-0.15, -0.1) is 0 Å². The Morgan fingerprint density at radius 3 is 2.86 bits per heavy atom. The summed E-state index contributed by atoms with van der Waals surface area (Å²) >= 11 is 0. The molecule has 0 unspecified atom stereocenters. The van der Waals surface area contributed by atoms with E-state index in [0.29, 0.717) is 19.0 Å². The topological polar surface area (TPSA) is 105 Å². The molecule has 2 aliphatic rings. The predicted molar refractivity (Wildman–Crippen MR) is 142 cm³/mol. The fourth-order valence-corrected chi connectivity index (χ4v) is 5.19. The first-order valence-electron chi connectivity index (χ1n) is 12.5. The molecule has 1 atom stereocenters. The number of rotatable bonds is 5. The molecule has 10 heteroatoms. The minimum absolute atomic E-state index is 0.0572. The molecule has 6 rings (SSSR count). The number of carbonyl (C=O) groups excluding carboxylic acids is 1. The normalized spacial score (nSPS) is 17.2. The van der Waals surface area contributed by atoms with E-state index in [-0.39, 0.29) is 11.9 Å². The van der Waals surface area contributed by atoms with Crippen molar-refractivity contribution in [3.8, 4) is 11.1 Å². The molecule has 0 bridgehead atoms. The molecule has 4 aromatic rings. The van der Waals surface area contributed by atoms with Crippen LogP contribution in [-0.4, -0.2) is 66.2 Å². The van der Waals surface area contributed by atoms with Gasteiger partial charge in [-0.05, 0) is 31.1 Å². The molecule has 5 heterocycles. The number of anilines is 2. The summed E-state index contributed by atoms with van der Waals surface area (Å²) in [6.45, 7) is 8.36. The van der Waals surface area contributed by atoms with Gasteiger partial charge in [0, 0.05) is 68.1 Å². The lowest BCUT2D eigenvalue weighted by atomic mass is 10.1. The van der Waals surface area contributed by atoms with Gasteiger partial charge < -0.3 is 15.1 Å². The quantitative estimate of drug-likeness (QED) is 0.422. The first-order chi connectivity index (χ1) is 18.0. The Bertz CT molecular complexity index is 1510. The summed E-state index contributed by atoms with van der Waals surface area (Å²) in [5.41, 5.74) is 5.10. The van der Waals surface area contributed by atoms with Gasteiger partial charge in [-0.1, -0.05) is 18.7 Å². The van der Waals surface area contributed by atoms with E-state index in [1.54, 1.807) is 4.68 Å². The summed E-state index contributed by atoms with van der Waals surface area (Å²) in [5, 5.41) is 8.79. The Morgan fingerprint density at radius 2 is 2.05 bits per heavy atom. The fourth-order valence-electron chi connectivity index (χ4n) is 5.19. The van der Waals surface area contributed by atoms with Gasteiger partial charge in [-0.25, -0.2) is 19.9 Å². The zero-order valence-corrected chi connectivity index (χ0v) is 21.1. The first-order valence-corrected chi connectivity index (χ1v) is 12.5. The standard InChI is InChI=1S/C27H29N9O/c1-4-25(37)35-10-8-23-22(16-35)26(31-17(2)30-23)36-9-7-21(15-36)32-27-28-12-19-6-5-18(11-24(19)33-27)20-13-29-34(3)14-20/h4-6,11-14,21H,1,7-10,15-16H2,2-3H3,(H,28,32,33)/t21-/m1/s1. The van der Waals surface area contributed by atoms with Crippen LogP contribution in [0.3, 0.4) is 0 Å². The highest BCUT2D eigenvalue weighted by Gasteiger charge is 2.30. The number of aryl methyl sites for hydroxylation is 2. The highest BCUT2D eigenvalue weighted by Crippen LogP contribution is 2.30. The molecule has 0 radical (unpaired) electrons. The van der Waals surface area contributed by atoms with E-state index in [1.165, 1.54) is 6.08 Å². The summed E-state index contributed by atoms with van der Waals surface area (Å²) in [5.74, 6) is 2.24. The third-order valence-electron chi connectivity index (χ3n) is 7.08. The zero-order valence-electron chi connectivity index (χ0n) is 21.1. The average molecular weight is 496 g/mol. The molecule has 1 saturated heterocycles. The molecule has 1 aromatic carbocycles. The van der Waals surface area contributed by atoms with Crippen LogP contribution in [0.4, 0.5) is 11.8 Å². The monoisotopic (exact) mass is 495 g/mol. The van der Waals surface area contributed by atoms with Crippen LogP contribution in [0.1, 0.15) is 23.5 Å². The number of benzene rings is 1. The van der Waals surface area contributed by atoms with E-state index in [9.17, 15) is 4.79 Å². The molecule has 0 spiro atoms. The number of hydrogen-bond acceptors (Lipinski definition) is 8. The van der Waals surface area contributed by atoms with Crippen LogP contribution < -0.4 is 10.2 Å². The second-order valence-electron chi connectivity index (χ2n) is 9.68. The molecule has 1 N–H and O–H groups in total. The van der Waals surface area contributed by atoms with Crippen LogP contribution in [0.15, 0.2) is 49.4 Å². The smallest absolute Gasteiger partial charge is 0.246 e. The molecule has 2 aliphatic heterocycles. The number of nitrogens with zero attached hydrogens (tertiary/aromatic N) is 8. The number of amides is 1. The fraction of sp³-hybridized carbons (Fsp3) is 0.333. The Morgan fingerprint density at radius 1 is 1.16 bits per heavy atom. The summed E-state index contributed by atoms with van der Waals surface area (Å²) in [6, 6.07) is 6.37. The van der Waals surface area contributed by atoms with Crippen LogP contribution in [-0.2, 0) is 24.8 Å². The molecule has 1 amide bonds. The van der Waals surface area contributed by atoms with Gasteiger partial charge in [0.2, 0.25) is 11.9 Å². The molecule has 0 saturated carbocycles. The summed E-state index contributed by atoms with van der Waals surface area (Å²) in [6.07, 6.45) is 8.75. The van der Waals surface area contributed by atoms with Crippen LogP contribution in [0, 0.1) is 6.92 Å². The van der Waals surface area contributed by atoms with Crippen LogP contribution >= 0.6 is 0 Å². The highest BCUT2D eigenvalue weighted by atomic mass is 16.2. The largest absolute Gasteiger partial charge is 0.354 e. The van der Waals surface area contributed by atoms with Crippen molar-refractivity contribution in [1.29, 1.82) is 0 Å². The number of fused-ring (bicyclic) bond motifs is 2. The first kappa shape index (κ1) is 23.1. The van der Waals surface area contributed by atoms with Crippen LogP contribution in [0.2, 0.25) is 0 Å². The van der Waals surface area contributed by atoms with Crippen molar-refractivity contribution >= 4 is 28.6 Å². The third kappa shape index (κ3) is 4.50. The Kier molecular flexibility index (Phi) is 5.78. The van der Waals surface area contributed by atoms with Crippen molar-refractivity contribution in [2.75, 3.05) is 29.9 Å². The molecule has 10 nitrogen and oxygen atoms in total. The molecular formula is C27H29N9O. The van der Waals surface area contributed by atoms with E-state index in [2.05, 4.69) is 44.0 Å². The Labute approximate surface area is 215 Å². The Hall–Kier alpha value is -4.34. The van der Waals surface area contributed by atoms with Gasteiger partial charge in [0.1, 0.15) is 11.6 Å². The predicted octanol–water partition coefficient (Wildman–Crippen LogP) is 2.89. The summed E-state index contributed by atoms with van der Waals surface area (Å²) in [4.78, 5) is 35.2. The van der Waals surface area contributed by atoms with Crippen molar-refractivity contribution < 1.29 is 4.79 Å². The van der Waals surface area contributed by atoms with Crippen LogP contribution in [0.25, 0.3) is 22.0 Å².